The molecule has 1 N–H and O–H groups in total. The Kier molecular flexibility index (Phi) is 6.45. The van der Waals surface area contributed by atoms with E-state index in [1.54, 1.807) is 30.7 Å². The maximum Gasteiger partial charge on any atom is 0.162 e. The van der Waals surface area contributed by atoms with Crippen molar-refractivity contribution in [3.05, 3.63) is 78.6 Å². The van der Waals surface area contributed by atoms with E-state index in [9.17, 15) is 4.79 Å². The number of rotatable bonds is 8. The minimum atomic E-state index is -0.408. The van der Waals surface area contributed by atoms with Gasteiger partial charge in [-0.2, -0.15) is 0 Å². The number of carbonyl (C=O) groups excluding carboxylic acids is 1. The van der Waals surface area contributed by atoms with Gasteiger partial charge in [-0.3, -0.25) is 14.8 Å². The summed E-state index contributed by atoms with van der Waals surface area (Å²) in [5.74, 6) is -0.276. The molecule has 6 rings (SSSR count). The van der Waals surface area contributed by atoms with E-state index < -0.39 is 5.82 Å². The molecule has 1 aromatic carbocycles. The Morgan fingerprint density at radius 2 is 1.81 bits per heavy atom. The van der Waals surface area contributed by atoms with Crippen molar-refractivity contribution in [3.8, 4) is 22.4 Å². The van der Waals surface area contributed by atoms with Gasteiger partial charge in [-0.1, -0.05) is 24.3 Å². The van der Waals surface area contributed by atoms with Gasteiger partial charge < -0.3 is 9.88 Å². The molecule has 1 aliphatic rings. The Morgan fingerprint density at radius 1 is 0.973 bits per heavy atom. The number of hydrogen-bond acceptors (Lipinski definition) is 5. The van der Waals surface area contributed by atoms with Crippen molar-refractivity contribution in [1.82, 2.24) is 24.8 Å². The molecule has 0 unspecified atom stereocenters. The largest absolute Gasteiger partial charge is 0.338 e. The Morgan fingerprint density at radius 3 is 2.59 bits per heavy atom. The maximum atomic E-state index is 15.3. The summed E-state index contributed by atoms with van der Waals surface area (Å²) in [4.78, 5) is 31.5. The summed E-state index contributed by atoms with van der Waals surface area (Å²) < 4.78 is 15.3. The van der Waals surface area contributed by atoms with Gasteiger partial charge in [-0.15, -0.1) is 0 Å². The number of fused-ring (bicyclic) bond motifs is 3. The summed E-state index contributed by atoms with van der Waals surface area (Å²) in [5.41, 5.74) is 4.84. The lowest BCUT2D eigenvalue weighted by Gasteiger charge is -2.13. The van der Waals surface area contributed by atoms with Crippen LogP contribution in [0.1, 0.15) is 42.5 Å². The number of Topliss-reactive ketones (excluding diaryl/α,β-unsaturated/α-hetero) is 1. The summed E-state index contributed by atoms with van der Waals surface area (Å²) in [6, 6.07) is 13.0. The monoisotopic (exact) mass is 493 g/mol. The van der Waals surface area contributed by atoms with E-state index in [0.29, 0.717) is 34.1 Å². The molecule has 1 fully saturated rings. The molecule has 186 valence electrons. The molecule has 0 radical (unpaired) electrons. The van der Waals surface area contributed by atoms with E-state index in [1.807, 2.05) is 30.3 Å². The number of benzene rings is 1. The number of nitrogens with zero attached hydrogens (tertiary/aromatic N) is 4. The average molecular weight is 494 g/mol. The third-order valence-corrected chi connectivity index (χ3v) is 7.24. The first kappa shape index (κ1) is 23.4. The van der Waals surface area contributed by atoms with Gasteiger partial charge in [0.05, 0.1) is 23.6 Å². The number of carbonyl (C=O) groups is 1. The van der Waals surface area contributed by atoms with Gasteiger partial charge in [-0.25, -0.2) is 9.37 Å². The van der Waals surface area contributed by atoms with Crippen LogP contribution in [0.4, 0.5) is 4.39 Å². The van der Waals surface area contributed by atoms with Gasteiger partial charge in [0.1, 0.15) is 11.5 Å². The lowest BCUT2D eigenvalue weighted by atomic mass is 9.97. The van der Waals surface area contributed by atoms with E-state index in [-0.39, 0.29) is 5.78 Å². The maximum absolute atomic E-state index is 15.3. The number of pyridine rings is 3. The number of aromatic nitrogens is 4. The molecule has 0 spiro atoms. The summed E-state index contributed by atoms with van der Waals surface area (Å²) in [7, 11) is 0. The van der Waals surface area contributed by atoms with E-state index in [2.05, 4.69) is 24.8 Å². The molecule has 1 aliphatic heterocycles. The summed E-state index contributed by atoms with van der Waals surface area (Å²) in [6.07, 6.45) is 11.5. The lowest BCUT2D eigenvalue weighted by molar-refractivity contribution is 0.0978. The number of nitrogens with one attached hydrogen (secondary N) is 1. The van der Waals surface area contributed by atoms with E-state index in [0.717, 1.165) is 41.5 Å². The van der Waals surface area contributed by atoms with Crippen LogP contribution in [0.5, 0.6) is 0 Å². The van der Waals surface area contributed by atoms with E-state index in [4.69, 9.17) is 0 Å². The topological polar surface area (TPSA) is 74.8 Å². The average Bonchev–Trinajstić information content (AvgIpc) is 3.59. The van der Waals surface area contributed by atoms with Gasteiger partial charge in [0.15, 0.2) is 5.78 Å². The number of hydrogen-bond donors (Lipinski definition) is 1. The van der Waals surface area contributed by atoms with Crippen molar-refractivity contribution in [2.24, 2.45) is 0 Å². The molecule has 0 amide bonds. The van der Waals surface area contributed by atoms with Crippen LogP contribution in [0.3, 0.4) is 0 Å². The third-order valence-electron chi connectivity index (χ3n) is 7.24. The van der Waals surface area contributed by atoms with Crippen molar-refractivity contribution < 1.29 is 9.18 Å². The van der Waals surface area contributed by atoms with Crippen LogP contribution in [-0.4, -0.2) is 50.3 Å². The first-order chi connectivity index (χ1) is 18.2. The van der Waals surface area contributed by atoms with Gasteiger partial charge in [0.25, 0.3) is 0 Å². The molecule has 1 saturated heterocycles. The van der Waals surface area contributed by atoms with Crippen LogP contribution < -0.4 is 0 Å². The zero-order valence-electron chi connectivity index (χ0n) is 20.6. The minimum absolute atomic E-state index is 0.132. The van der Waals surface area contributed by atoms with Crippen molar-refractivity contribution in [1.29, 1.82) is 0 Å². The van der Waals surface area contributed by atoms with Crippen LogP contribution >= 0.6 is 0 Å². The molecular formula is C30H28FN5O. The highest BCUT2D eigenvalue weighted by molar-refractivity contribution is 6.13. The molecule has 0 aliphatic carbocycles. The molecule has 0 bridgehead atoms. The predicted octanol–water partition coefficient (Wildman–Crippen LogP) is 6.43. The second-order valence-corrected chi connectivity index (χ2v) is 9.69. The molecule has 0 saturated carbocycles. The number of aromatic amines is 1. The fourth-order valence-electron chi connectivity index (χ4n) is 5.28. The minimum Gasteiger partial charge on any atom is -0.338 e. The Bertz CT molecular complexity index is 1560. The summed E-state index contributed by atoms with van der Waals surface area (Å²) in [6.45, 7) is 3.45. The predicted molar refractivity (Wildman–Crippen MR) is 144 cm³/mol. The van der Waals surface area contributed by atoms with Gasteiger partial charge in [-0.05, 0) is 69.1 Å². The smallest absolute Gasteiger partial charge is 0.162 e. The molecule has 5 heterocycles. The van der Waals surface area contributed by atoms with Crippen molar-refractivity contribution in [3.63, 3.8) is 0 Å². The molecule has 37 heavy (non-hydrogen) atoms. The number of halogens is 1. The molecule has 5 aromatic rings. The zero-order chi connectivity index (χ0) is 25.2. The number of H-pyrrole nitrogens is 1. The standard InChI is InChI=1S/C30H28FN5O/c31-24-18-34-30-29(23-16-25(33-19-26(23)35-30)22-6-5-12-32-17-22)28(24)21-10-8-20(9-11-21)27(37)7-1-2-13-36-14-3-4-15-36/h5-6,8-12,16-19H,1-4,7,13-15H2,(H,34,35). The number of ketones is 1. The molecular weight excluding hydrogens is 465 g/mol. The summed E-state index contributed by atoms with van der Waals surface area (Å²) in [5, 5.41) is 1.53. The highest BCUT2D eigenvalue weighted by Gasteiger charge is 2.18. The Balaban J connectivity index is 1.28. The summed E-state index contributed by atoms with van der Waals surface area (Å²) >= 11 is 0. The fraction of sp³-hybridized carbons (Fsp3) is 0.267. The molecule has 4 aromatic heterocycles. The molecule has 0 atom stereocenters. The highest BCUT2D eigenvalue weighted by atomic mass is 19.1. The van der Waals surface area contributed by atoms with Crippen LogP contribution in [0.2, 0.25) is 0 Å². The third kappa shape index (κ3) is 4.74. The van der Waals surface area contributed by atoms with Crippen LogP contribution in [0.15, 0.2) is 67.3 Å². The van der Waals surface area contributed by atoms with Crippen LogP contribution in [0, 0.1) is 5.82 Å². The first-order valence-corrected chi connectivity index (χ1v) is 12.9. The van der Waals surface area contributed by atoms with E-state index in [1.165, 1.54) is 32.1 Å². The Labute approximate surface area is 214 Å². The zero-order valence-corrected chi connectivity index (χ0v) is 20.6. The second-order valence-electron chi connectivity index (χ2n) is 9.69. The van der Waals surface area contributed by atoms with Gasteiger partial charge in [0.2, 0.25) is 0 Å². The lowest BCUT2D eigenvalue weighted by Crippen LogP contribution is -2.20. The van der Waals surface area contributed by atoms with Crippen LogP contribution in [0.25, 0.3) is 44.3 Å². The van der Waals surface area contributed by atoms with Gasteiger partial charge >= 0.3 is 0 Å². The fourth-order valence-corrected chi connectivity index (χ4v) is 5.28. The highest BCUT2D eigenvalue weighted by Crippen LogP contribution is 2.36. The quantitative estimate of drug-likeness (QED) is 0.199. The molecule has 7 heteroatoms. The number of likely N-dealkylation sites (tertiary alicyclic amines) is 1. The second kappa shape index (κ2) is 10.2. The van der Waals surface area contributed by atoms with Crippen molar-refractivity contribution in [2.75, 3.05) is 19.6 Å². The molecule has 6 nitrogen and oxygen atoms in total. The normalized spacial score (nSPS) is 14.1. The van der Waals surface area contributed by atoms with E-state index >= 15 is 4.39 Å². The number of unbranched alkanes of at least 4 members (excludes halogenated alkanes) is 1. The van der Waals surface area contributed by atoms with Crippen molar-refractivity contribution >= 4 is 27.7 Å². The Hall–Kier alpha value is -3.97. The first-order valence-electron chi connectivity index (χ1n) is 12.9. The van der Waals surface area contributed by atoms with Gasteiger partial charge in [0, 0.05) is 46.3 Å². The SMILES string of the molecule is O=C(CCCCN1CCCC1)c1ccc(-c2c(F)cnc3[nH]c4cnc(-c5cccnc5)cc4c23)cc1. The van der Waals surface area contributed by atoms with Crippen molar-refractivity contribution in [2.45, 2.75) is 32.1 Å². The van der Waals surface area contributed by atoms with Crippen LogP contribution in [-0.2, 0) is 0 Å².